The second kappa shape index (κ2) is 9.00. The standard InChI is InChI=1S/C25H27ClN4O3/c1-15-8-6-12-29-16(2)20(27-24(15)29)22(31)19-21(17-9-5-10-18(26)14-17)30(25(33)23(19)32)13-7-11-28(3)4/h5-6,8-10,12,14,21,31H,7,11,13H2,1-4H3. The second-order valence-corrected chi connectivity index (χ2v) is 9.07. The predicted molar refractivity (Wildman–Crippen MR) is 128 cm³/mol. The van der Waals surface area contributed by atoms with Gasteiger partial charge in [-0.15, -0.1) is 0 Å². The summed E-state index contributed by atoms with van der Waals surface area (Å²) < 4.78 is 1.87. The van der Waals surface area contributed by atoms with Crippen LogP contribution in [0.15, 0.2) is 48.2 Å². The number of imidazole rings is 1. The van der Waals surface area contributed by atoms with Gasteiger partial charge < -0.3 is 19.3 Å². The van der Waals surface area contributed by atoms with E-state index in [-0.39, 0.29) is 11.3 Å². The topological polar surface area (TPSA) is 78.2 Å². The molecule has 1 atom stereocenters. The summed E-state index contributed by atoms with van der Waals surface area (Å²) in [6.45, 7) is 4.90. The zero-order chi connectivity index (χ0) is 23.9. The van der Waals surface area contributed by atoms with E-state index in [9.17, 15) is 14.7 Å². The van der Waals surface area contributed by atoms with Gasteiger partial charge in [-0.1, -0.05) is 29.8 Å². The van der Waals surface area contributed by atoms with Crippen molar-refractivity contribution in [2.75, 3.05) is 27.2 Å². The molecule has 0 spiro atoms. The first-order valence-electron chi connectivity index (χ1n) is 10.8. The van der Waals surface area contributed by atoms with Gasteiger partial charge in [0.2, 0.25) is 0 Å². The van der Waals surface area contributed by atoms with E-state index in [1.807, 2.05) is 61.6 Å². The summed E-state index contributed by atoms with van der Waals surface area (Å²) in [5, 5.41) is 11.9. The van der Waals surface area contributed by atoms with Crippen molar-refractivity contribution >= 4 is 34.7 Å². The number of aryl methyl sites for hydroxylation is 2. The molecule has 0 aliphatic carbocycles. The Kier molecular flexibility index (Phi) is 6.28. The summed E-state index contributed by atoms with van der Waals surface area (Å²) in [5.41, 5.74) is 3.32. The maximum Gasteiger partial charge on any atom is 0.295 e. The molecular formula is C25H27ClN4O3. The molecule has 1 N–H and O–H groups in total. The average molecular weight is 467 g/mol. The lowest BCUT2D eigenvalue weighted by Gasteiger charge is -2.26. The van der Waals surface area contributed by atoms with Gasteiger partial charge in [0.1, 0.15) is 11.3 Å². The minimum atomic E-state index is -0.740. The minimum absolute atomic E-state index is 0.0382. The third-order valence-corrected chi connectivity index (χ3v) is 6.25. The fourth-order valence-electron chi connectivity index (χ4n) is 4.37. The number of pyridine rings is 1. The van der Waals surface area contributed by atoms with Crippen molar-refractivity contribution < 1.29 is 14.7 Å². The van der Waals surface area contributed by atoms with Gasteiger partial charge in [0, 0.05) is 17.8 Å². The van der Waals surface area contributed by atoms with Gasteiger partial charge in [0.25, 0.3) is 11.7 Å². The first kappa shape index (κ1) is 23.0. The van der Waals surface area contributed by atoms with E-state index >= 15 is 0 Å². The third-order valence-electron chi connectivity index (χ3n) is 6.02. The Balaban J connectivity index is 1.88. The highest BCUT2D eigenvalue weighted by Gasteiger charge is 2.46. The number of aliphatic hydroxyl groups is 1. The molecule has 1 fully saturated rings. The zero-order valence-corrected chi connectivity index (χ0v) is 19.9. The number of aliphatic hydroxyl groups excluding tert-OH is 1. The maximum atomic E-state index is 13.2. The predicted octanol–water partition coefficient (Wildman–Crippen LogP) is 3.98. The van der Waals surface area contributed by atoms with Gasteiger partial charge in [0.15, 0.2) is 5.76 Å². The Hall–Kier alpha value is -3.16. The summed E-state index contributed by atoms with van der Waals surface area (Å²) in [4.78, 5) is 34.4. The molecule has 1 aliphatic rings. The smallest absolute Gasteiger partial charge is 0.295 e. The summed E-state index contributed by atoms with van der Waals surface area (Å²) in [7, 11) is 3.91. The number of fused-ring (bicyclic) bond motifs is 1. The van der Waals surface area contributed by atoms with Crippen LogP contribution < -0.4 is 0 Å². The molecular weight excluding hydrogens is 440 g/mol. The summed E-state index contributed by atoms with van der Waals surface area (Å²) >= 11 is 6.24. The summed E-state index contributed by atoms with van der Waals surface area (Å²) in [5.74, 6) is -1.61. The molecule has 1 aliphatic heterocycles. The van der Waals surface area contributed by atoms with Crippen LogP contribution in [0.5, 0.6) is 0 Å². The first-order valence-corrected chi connectivity index (χ1v) is 11.2. The number of carbonyl (C=O) groups excluding carboxylic acids is 2. The summed E-state index contributed by atoms with van der Waals surface area (Å²) in [6.07, 6.45) is 2.54. The molecule has 7 nitrogen and oxygen atoms in total. The van der Waals surface area contributed by atoms with Crippen molar-refractivity contribution in [3.05, 3.63) is 75.7 Å². The molecule has 1 amide bonds. The SMILES string of the molecule is Cc1cccn2c(C)c(C(O)=C3C(=O)C(=O)N(CCCN(C)C)C3c3cccc(Cl)c3)nc12. The van der Waals surface area contributed by atoms with Crippen LogP contribution in [0.1, 0.15) is 35.0 Å². The maximum absolute atomic E-state index is 13.2. The highest BCUT2D eigenvalue weighted by atomic mass is 35.5. The molecule has 0 saturated carbocycles. The molecule has 3 heterocycles. The molecule has 0 bridgehead atoms. The van der Waals surface area contributed by atoms with Crippen LogP contribution in [-0.2, 0) is 9.59 Å². The van der Waals surface area contributed by atoms with Gasteiger partial charge in [-0.2, -0.15) is 0 Å². The molecule has 1 saturated heterocycles. The molecule has 2 aromatic heterocycles. The van der Waals surface area contributed by atoms with Crippen molar-refractivity contribution in [3.63, 3.8) is 0 Å². The van der Waals surface area contributed by atoms with Crippen molar-refractivity contribution in [2.24, 2.45) is 0 Å². The fraction of sp³-hybridized carbons (Fsp3) is 0.320. The number of hydrogen-bond donors (Lipinski definition) is 1. The van der Waals surface area contributed by atoms with Gasteiger partial charge in [-0.05, 0) is 70.2 Å². The first-order chi connectivity index (χ1) is 15.7. The Morgan fingerprint density at radius 2 is 1.94 bits per heavy atom. The van der Waals surface area contributed by atoms with Crippen LogP contribution in [0.25, 0.3) is 11.4 Å². The number of nitrogens with zero attached hydrogens (tertiary/aromatic N) is 4. The quantitative estimate of drug-likeness (QED) is 0.338. The Labute approximate surface area is 197 Å². The van der Waals surface area contributed by atoms with Gasteiger partial charge >= 0.3 is 0 Å². The Morgan fingerprint density at radius 1 is 1.18 bits per heavy atom. The summed E-state index contributed by atoms with van der Waals surface area (Å²) in [6, 6.07) is 10.1. The van der Waals surface area contributed by atoms with Crippen molar-refractivity contribution in [1.82, 2.24) is 19.2 Å². The molecule has 0 radical (unpaired) electrons. The lowest BCUT2D eigenvalue weighted by Crippen LogP contribution is -2.32. The average Bonchev–Trinajstić information content (AvgIpc) is 3.23. The number of amides is 1. The van der Waals surface area contributed by atoms with Crippen molar-refractivity contribution in [1.29, 1.82) is 0 Å². The van der Waals surface area contributed by atoms with Crippen LogP contribution in [-0.4, -0.2) is 63.2 Å². The molecule has 1 aromatic carbocycles. The van der Waals surface area contributed by atoms with E-state index < -0.39 is 17.7 Å². The third kappa shape index (κ3) is 4.14. The van der Waals surface area contributed by atoms with E-state index in [2.05, 4.69) is 4.98 Å². The molecule has 4 rings (SSSR count). The minimum Gasteiger partial charge on any atom is -0.505 e. The highest BCUT2D eigenvalue weighted by molar-refractivity contribution is 6.46. The van der Waals surface area contributed by atoms with Crippen LogP contribution in [0, 0.1) is 13.8 Å². The number of benzene rings is 1. The van der Waals surface area contributed by atoms with E-state index in [0.29, 0.717) is 40.6 Å². The lowest BCUT2D eigenvalue weighted by atomic mass is 9.96. The number of Topliss-reactive ketones (excluding diaryl/α,β-unsaturated/α-hetero) is 1. The van der Waals surface area contributed by atoms with E-state index in [0.717, 1.165) is 12.1 Å². The monoisotopic (exact) mass is 466 g/mol. The Morgan fingerprint density at radius 3 is 2.61 bits per heavy atom. The largest absolute Gasteiger partial charge is 0.505 e. The van der Waals surface area contributed by atoms with Crippen LogP contribution in [0.3, 0.4) is 0 Å². The number of ketones is 1. The molecule has 172 valence electrons. The number of hydrogen-bond acceptors (Lipinski definition) is 5. The van der Waals surface area contributed by atoms with Gasteiger partial charge in [0.05, 0.1) is 17.3 Å². The van der Waals surface area contributed by atoms with Gasteiger partial charge in [-0.25, -0.2) is 4.98 Å². The molecule has 33 heavy (non-hydrogen) atoms. The fourth-order valence-corrected chi connectivity index (χ4v) is 4.56. The highest BCUT2D eigenvalue weighted by Crippen LogP contribution is 2.40. The lowest BCUT2D eigenvalue weighted by molar-refractivity contribution is -0.139. The van der Waals surface area contributed by atoms with Crippen LogP contribution in [0.4, 0.5) is 0 Å². The number of aromatic nitrogens is 2. The van der Waals surface area contributed by atoms with Crippen LogP contribution >= 0.6 is 11.6 Å². The van der Waals surface area contributed by atoms with E-state index in [1.54, 1.807) is 18.2 Å². The van der Waals surface area contributed by atoms with Crippen LogP contribution in [0.2, 0.25) is 5.02 Å². The second-order valence-electron chi connectivity index (χ2n) is 8.63. The Bertz CT molecular complexity index is 1280. The number of halogens is 1. The normalized spacial score (nSPS) is 18.1. The van der Waals surface area contributed by atoms with E-state index in [1.165, 1.54) is 4.90 Å². The molecule has 8 heteroatoms. The van der Waals surface area contributed by atoms with E-state index in [4.69, 9.17) is 11.6 Å². The van der Waals surface area contributed by atoms with Gasteiger partial charge in [-0.3, -0.25) is 9.59 Å². The number of carbonyl (C=O) groups is 2. The molecule has 1 unspecified atom stereocenters. The number of rotatable bonds is 6. The van der Waals surface area contributed by atoms with Crippen molar-refractivity contribution in [3.8, 4) is 0 Å². The number of likely N-dealkylation sites (tertiary alicyclic amines) is 1. The van der Waals surface area contributed by atoms with Crippen molar-refractivity contribution in [2.45, 2.75) is 26.3 Å². The zero-order valence-electron chi connectivity index (χ0n) is 19.2. The molecule has 3 aromatic rings.